The van der Waals surface area contributed by atoms with Crippen molar-refractivity contribution in [1.29, 1.82) is 0 Å². The molecule has 1 aliphatic heterocycles. The minimum absolute atomic E-state index is 0.195. The molecular formula is C20H21F3N4O2S. The lowest BCUT2D eigenvalue weighted by molar-refractivity contribution is -0.137. The highest BCUT2D eigenvalue weighted by Crippen LogP contribution is 2.33. The Balaban J connectivity index is 1.53. The van der Waals surface area contributed by atoms with Gasteiger partial charge in [0.25, 0.3) is 5.91 Å². The number of nitrogens with one attached hydrogen (secondary N) is 1. The van der Waals surface area contributed by atoms with Crippen molar-refractivity contribution in [2.24, 2.45) is 0 Å². The van der Waals surface area contributed by atoms with Gasteiger partial charge < -0.3 is 10.1 Å². The zero-order valence-corrected chi connectivity index (χ0v) is 17.1. The minimum Gasteiger partial charge on any atom is -0.379 e. The van der Waals surface area contributed by atoms with Crippen molar-refractivity contribution >= 4 is 27.5 Å². The van der Waals surface area contributed by atoms with Gasteiger partial charge in [-0.3, -0.25) is 9.69 Å². The number of nitrogens with zero attached hydrogens (tertiary/aromatic N) is 3. The highest BCUT2D eigenvalue weighted by Gasteiger charge is 2.31. The second-order valence-electron chi connectivity index (χ2n) is 7.08. The third kappa shape index (κ3) is 4.35. The summed E-state index contributed by atoms with van der Waals surface area (Å²) in [5.41, 5.74) is 0.231. The maximum atomic E-state index is 13.1. The quantitative estimate of drug-likeness (QED) is 0.663. The normalized spacial score (nSPS) is 15.6. The van der Waals surface area contributed by atoms with Crippen molar-refractivity contribution in [3.05, 3.63) is 46.5 Å². The number of aryl methyl sites for hydroxylation is 1. The van der Waals surface area contributed by atoms with Gasteiger partial charge in [-0.2, -0.15) is 18.3 Å². The van der Waals surface area contributed by atoms with Crippen LogP contribution in [0.25, 0.3) is 15.9 Å². The summed E-state index contributed by atoms with van der Waals surface area (Å²) >= 11 is 1.22. The average Bonchev–Trinajstić information content (AvgIpc) is 3.29. The summed E-state index contributed by atoms with van der Waals surface area (Å²) in [5.74, 6) is -0.195. The lowest BCUT2D eigenvalue weighted by Gasteiger charge is -2.26. The molecule has 3 heterocycles. The molecule has 1 saturated heterocycles. The molecule has 0 unspecified atom stereocenters. The molecule has 1 amide bonds. The van der Waals surface area contributed by atoms with Crippen LogP contribution < -0.4 is 5.32 Å². The molecule has 1 aromatic carbocycles. The Morgan fingerprint density at radius 1 is 1.27 bits per heavy atom. The van der Waals surface area contributed by atoms with Crippen molar-refractivity contribution in [2.45, 2.75) is 13.1 Å². The van der Waals surface area contributed by atoms with Crippen LogP contribution in [0, 0.1) is 6.92 Å². The standard InChI is InChI=1S/C20H21F3N4O2S/c1-13-16-12-17(18(28)24-5-6-26-7-9-29-10-8-26)30-19(16)27(25-13)15-4-2-3-14(11-15)20(21,22)23/h2-4,11-12H,5-10H2,1H3,(H,24,28). The van der Waals surface area contributed by atoms with Gasteiger partial charge in [0, 0.05) is 31.6 Å². The molecule has 160 valence electrons. The fraction of sp³-hybridized carbons (Fsp3) is 0.400. The number of amides is 1. The van der Waals surface area contributed by atoms with Gasteiger partial charge in [-0.25, -0.2) is 4.68 Å². The summed E-state index contributed by atoms with van der Waals surface area (Å²) in [7, 11) is 0. The number of carbonyl (C=O) groups is 1. The second kappa shape index (κ2) is 8.37. The Hall–Kier alpha value is -2.43. The number of morpholine rings is 1. The van der Waals surface area contributed by atoms with Crippen LogP contribution in [0.3, 0.4) is 0 Å². The number of fused-ring (bicyclic) bond motifs is 1. The van der Waals surface area contributed by atoms with E-state index in [-0.39, 0.29) is 5.91 Å². The van der Waals surface area contributed by atoms with Crippen LogP contribution in [0.2, 0.25) is 0 Å². The van der Waals surface area contributed by atoms with E-state index in [1.807, 2.05) is 0 Å². The molecule has 0 radical (unpaired) electrons. The first-order chi connectivity index (χ1) is 14.3. The highest BCUT2D eigenvalue weighted by molar-refractivity contribution is 7.20. The number of alkyl halides is 3. The Bertz CT molecular complexity index is 1050. The van der Waals surface area contributed by atoms with E-state index < -0.39 is 11.7 Å². The Morgan fingerprint density at radius 2 is 2.03 bits per heavy atom. The third-order valence-corrected chi connectivity index (χ3v) is 6.11. The molecule has 4 rings (SSSR count). The van der Waals surface area contributed by atoms with Gasteiger partial charge >= 0.3 is 6.18 Å². The first-order valence-electron chi connectivity index (χ1n) is 9.58. The van der Waals surface area contributed by atoms with Crippen molar-refractivity contribution in [2.75, 3.05) is 39.4 Å². The molecule has 1 N–H and O–H groups in total. The molecule has 1 fully saturated rings. The number of ether oxygens (including phenoxy) is 1. The molecule has 3 aromatic rings. The molecule has 1 aliphatic rings. The molecule has 0 saturated carbocycles. The average molecular weight is 438 g/mol. The first-order valence-corrected chi connectivity index (χ1v) is 10.4. The predicted octanol–water partition coefficient (Wildman–Crippen LogP) is 3.48. The van der Waals surface area contributed by atoms with E-state index in [1.165, 1.54) is 22.1 Å². The van der Waals surface area contributed by atoms with E-state index in [0.29, 0.717) is 40.8 Å². The smallest absolute Gasteiger partial charge is 0.379 e. The molecule has 6 nitrogen and oxygen atoms in total. The van der Waals surface area contributed by atoms with Crippen LogP contribution in [-0.2, 0) is 10.9 Å². The highest BCUT2D eigenvalue weighted by atomic mass is 32.1. The predicted molar refractivity (Wildman–Crippen MR) is 108 cm³/mol. The molecule has 0 bridgehead atoms. The lowest BCUT2D eigenvalue weighted by Crippen LogP contribution is -2.41. The summed E-state index contributed by atoms with van der Waals surface area (Å²) < 4.78 is 46.0. The number of hydrogen-bond donors (Lipinski definition) is 1. The SMILES string of the molecule is Cc1nn(-c2cccc(C(F)(F)F)c2)c2sc(C(=O)NCCN3CCOCC3)cc12. The minimum atomic E-state index is -4.43. The van der Waals surface area contributed by atoms with Gasteiger partial charge in [0.05, 0.1) is 35.0 Å². The van der Waals surface area contributed by atoms with E-state index in [9.17, 15) is 18.0 Å². The maximum Gasteiger partial charge on any atom is 0.416 e. The van der Waals surface area contributed by atoms with Crippen molar-refractivity contribution in [1.82, 2.24) is 20.0 Å². The second-order valence-corrected chi connectivity index (χ2v) is 8.12. The zero-order chi connectivity index (χ0) is 21.3. The van der Waals surface area contributed by atoms with Crippen molar-refractivity contribution < 1.29 is 22.7 Å². The van der Waals surface area contributed by atoms with Gasteiger partial charge in [0.15, 0.2) is 0 Å². The number of thiophene rings is 1. The summed E-state index contributed by atoms with van der Waals surface area (Å²) in [4.78, 5) is 16.0. The van der Waals surface area contributed by atoms with E-state index in [4.69, 9.17) is 4.74 Å². The number of carbonyl (C=O) groups excluding carboxylic acids is 1. The van der Waals surface area contributed by atoms with Crippen LogP contribution in [0.4, 0.5) is 13.2 Å². The van der Waals surface area contributed by atoms with E-state index in [1.54, 1.807) is 19.1 Å². The van der Waals surface area contributed by atoms with Gasteiger partial charge in [0.1, 0.15) is 4.83 Å². The van der Waals surface area contributed by atoms with Crippen LogP contribution in [0.15, 0.2) is 30.3 Å². The summed E-state index contributed by atoms with van der Waals surface area (Å²) in [5, 5.41) is 8.05. The molecule has 0 spiro atoms. The van der Waals surface area contributed by atoms with Crippen LogP contribution in [-0.4, -0.2) is 60.0 Å². The zero-order valence-electron chi connectivity index (χ0n) is 16.3. The Morgan fingerprint density at radius 3 is 2.77 bits per heavy atom. The lowest BCUT2D eigenvalue weighted by atomic mass is 10.2. The van der Waals surface area contributed by atoms with E-state index in [0.717, 1.165) is 37.2 Å². The van der Waals surface area contributed by atoms with Gasteiger partial charge in [-0.05, 0) is 31.2 Å². The Kier molecular flexibility index (Phi) is 5.81. The topological polar surface area (TPSA) is 59.4 Å². The number of hydrogen-bond acceptors (Lipinski definition) is 5. The largest absolute Gasteiger partial charge is 0.416 e. The van der Waals surface area contributed by atoms with Crippen LogP contribution >= 0.6 is 11.3 Å². The molecule has 30 heavy (non-hydrogen) atoms. The molecule has 0 atom stereocenters. The van der Waals surface area contributed by atoms with Gasteiger partial charge in [-0.15, -0.1) is 11.3 Å². The monoisotopic (exact) mass is 438 g/mol. The number of benzene rings is 1. The summed E-state index contributed by atoms with van der Waals surface area (Å²) in [6, 6.07) is 6.76. The summed E-state index contributed by atoms with van der Waals surface area (Å²) in [6.45, 7) is 6.16. The fourth-order valence-electron chi connectivity index (χ4n) is 3.39. The van der Waals surface area contributed by atoms with Crippen LogP contribution in [0.1, 0.15) is 20.9 Å². The van der Waals surface area contributed by atoms with E-state index in [2.05, 4.69) is 15.3 Å². The Labute approximate surface area is 175 Å². The van der Waals surface area contributed by atoms with E-state index >= 15 is 0 Å². The van der Waals surface area contributed by atoms with Gasteiger partial charge in [-0.1, -0.05) is 6.07 Å². The van der Waals surface area contributed by atoms with Crippen molar-refractivity contribution in [3.63, 3.8) is 0 Å². The fourth-order valence-corrected chi connectivity index (χ4v) is 4.49. The molecule has 0 aliphatic carbocycles. The molecular weight excluding hydrogens is 417 g/mol. The summed E-state index contributed by atoms with van der Waals surface area (Å²) in [6.07, 6.45) is -4.43. The van der Waals surface area contributed by atoms with Gasteiger partial charge in [0.2, 0.25) is 0 Å². The number of halogens is 3. The first kappa shape index (κ1) is 20.8. The van der Waals surface area contributed by atoms with Crippen LogP contribution in [0.5, 0.6) is 0 Å². The molecule has 10 heteroatoms. The maximum absolute atomic E-state index is 13.1. The number of aromatic nitrogens is 2. The number of rotatable bonds is 5. The molecule has 2 aromatic heterocycles. The van der Waals surface area contributed by atoms with Crippen molar-refractivity contribution in [3.8, 4) is 5.69 Å². The third-order valence-electron chi connectivity index (χ3n) is 5.00.